The van der Waals surface area contributed by atoms with E-state index in [1.165, 1.54) is 0 Å². The minimum atomic E-state index is -0.902. The van der Waals surface area contributed by atoms with Crippen molar-refractivity contribution in [2.24, 2.45) is 0 Å². The van der Waals surface area contributed by atoms with Gasteiger partial charge in [0.1, 0.15) is 0 Å². The number of carbonyl (C=O) groups is 2. The van der Waals surface area contributed by atoms with Crippen molar-refractivity contribution in [3.05, 3.63) is 11.6 Å². The van der Waals surface area contributed by atoms with Crippen LogP contribution in [0.4, 0.5) is 0 Å². The zero-order chi connectivity index (χ0) is 11.7. The average molecular weight is 215 g/mol. The molecular weight excluding hydrogens is 198 g/mol. The Morgan fingerprint density at radius 1 is 1.27 bits per heavy atom. The van der Waals surface area contributed by atoms with Crippen LogP contribution < -0.4 is 5.32 Å². The molecule has 5 heteroatoms. The number of carboxylic acid groups (broad SMARTS) is 2. The number of nitrogens with one attached hydrogen (secondary N) is 1. The Hall–Kier alpha value is -1.36. The van der Waals surface area contributed by atoms with Crippen LogP contribution in [0.3, 0.4) is 0 Å². The van der Waals surface area contributed by atoms with Crippen LogP contribution in [-0.2, 0) is 9.59 Å². The molecule has 0 saturated heterocycles. The molecule has 0 spiro atoms. The van der Waals surface area contributed by atoms with Crippen LogP contribution in [-0.4, -0.2) is 35.2 Å². The maximum Gasteiger partial charge on any atom is 0.330 e. The van der Waals surface area contributed by atoms with Crippen molar-refractivity contribution in [2.45, 2.75) is 26.2 Å². The van der Waals surface area contributed by atoms with Crippen LogP contribution in [0.1, 0.15) is 26.2 Å². The molecule has 86 valence electrons. The molecule has 0 aromatic rings. The van der Waals surface area contributed by atoms with Gasteiger partial charge in [0, 0.05) is 12.0 Å². The lowest BCUT2D eigenvalue weighted by atomic mass is 10.2. The van der Waals surface area contributed by atoms with Crippen LogP contribution in [0.15, 0.2) is 11.6 Å². The first-order valence-corrected chi connectivity index (χ1v) is 4.86. The Labute approximate surface area is 88.8 Å². The molecule has 0 aromatic heterocycles. The fourth-order valence-corrected chi connectivity index (χ4v) is 0.968. The molecule has 0 heterocycles. The van der Waals surface area contributed by atoms with E-state index < -0.39 is 11.9 Å². The maximum absolute atomic E-state index is 10.4. The highest BCUT2D eigenvalue weighted by molar-refractivity contribution is 5.85. The summed E-state index contributed by atoms with van der Waals surface area (Å²) < 4.78 is 0. The molecule has 0 aliphatic rings. The Morgan fingerprint density at radius 3 is 2.47 bits per heavy atom. The Balaban J connectivity index is 3.36. The van der Waals surface area contributed by atoms with Gasteiger partial charge in [-0.2, -0.15) is 0 Å². The van der Waals surface area contributed by atoms with Crippen LogP contribution in [0.25, 0.3) is 0 Å². The molecule has 0 aliphatic heterocycles. The molecule has 0 fully saturated rings. The average Bonchev–Trinajstić information content (AvgIpc) is 2.15. The molecule has 0 unspecified atom stereocenters. The first-order valence-electron chi connectivity index (χ1n) is 4.86. The number of hydrogen-bond acceptors (Lipinski definition) is 3. The van der Waals surface area contributed by atoms with Gasteiger partial charge in [-0.05, 0) is 32.9 Å². The first-order chi connectivity index (χ1) is 7.04. The van der Waals surface area contributed by atoms with E-state index in [0.717, 1.165) is 0 Å². The summed E-state index contributed by atoms with van der Waals surface area (Å²) in [5.41, 5.74) is 0.335. The topological polar surface area (TPSA) is 86.6 Å². The summed E-state index contributed by atoms with van der Waals surface area (Å²) in [7, 11) is 0. The van der Waals surface area contributed by atoms with Crippen molar-refractivity contribution in [1.82, 2.24) is 5.32 Å². The van der Waals surface area contributed by atoms with Gasteiger partial charge in [-0.3, -0.25) is 4.79 Å². The molecule has 0 aromatic carbocycles. The van der Waals surface area contributed by atoms with Crippen molar-refractivity contribution < 1.29 is 19.8 Å². The van der Waals surface area contributed by atoms with Crippen molar-refractivity contribution in [3.8, 4) is 0 Å². The van der Waals surface area contributed by atoms with Gasteiger partial charge in [-0.25, -0.2) is 4.79 Å². The molecule has 3 N–H and O–H groups in total. The summed E-state index contributed by atoms with van der Waals surface area (Å²) in [6.45, 7) is 2.86. The number of carboxylic acids is 2. The third-order valence-corrected chi connectivity index (χ3v) is 1.85. The van der Waals surface area contributed by atoms with E-state index in [0.29, 0.717) is 31.5 Å². The SMILES string of the molecule is CC(=CCCNCCCC(=O)O)C(=O)O. The Morgan fingerprint density at radius 2 is 1.93 bits per heavy atom. The quantitative estimate of drug-likeness (QED) is 0.413. The lowest BCUT2D eigenvalue weighted by Crippen LogP contribution is -2.17. The largest absolute Gasteiger partial charge is 0.481 e. The predicted octanol–water partition coefficient (Wildman–Crippen LogP) is 0.862. The first kappa shape index (κ1) is 13.6. The summed E-state index contributed by atoms with van der Waals surface area (Å²) in [5, 5.41) is 19.9. The molecular formula is C10H17NO4. The van der Waals surface area contributed by atoms with Gasteiger partial charge in [0.15, 0.2) is 0 Å². The highest BCUT2D eigenvalue weighted by Gasteiger charge is 1.98. The molecule has 15 heavy (non-hydrogen) atoms. The van der Waals surface area contributed by atoms with E-state index in [9.17, 15) is 9.59 Å². The zero-order valence-electron chi connectivity index (χ0n) is 8.82. The molecule has 0 bridgehead atoms. The van der Waals surface area contributed by atoms with Gasteiger partial charge in [-0.1, -0.05) is 6.08 Å². The summed E-state index contributed by atoms with van der Waals surface area (Å²) in [6.07, 6.45) is 3.05. The normalized spacial score (nSPS) is 11.4. The monoisotopic (exact) mass is 215 g/mol. The number of rotatable bonds is 8. The molecule has 0 radical (unpaired) electrons. The van der Waals surface area contributed by atoms with Gasteiger partial charge < -0.3 is 15.5 Å². The van der Waals surface area contributed by atoms with Gasteiger partial charge in [-0.15, -0.1) is 0 Å². The van der Waals surface area contributed by atoms with Gasteiger partial charge in [0.25, 0.3) is 0 Å². The Kier molecular flexibility index (Phi) is 7.27. The van der Waals surface area contributed by atoms with Crippen LogP contribution in [0.5, 0.6) is 0 Å². The minimum Gasteiger partial charge on any atom is -0.481 e. The molecule has 0 saturated carbocycles. The van der Waals surface area contributed by atoms with E-state index in [1.807, 2.05) is 0 Å². The second kappa shape index (κ2) is 7.99. The maximum atomic E-state index is 10.4. The Bertz CT molecular complexity index is 248. The van der Waals surface area contributed by atoms with Crippen molar-refractivity contribution in [3.63, 3.8) is 0 Å². The summed E-state index contributed by atoms with van der Waals surface area (Å²) in [6, 6.07) is 0. The molecule has 5 nitrogen and oxygen atoms in total. The van der Waals surface area contributed by atoms with Crippen LogP contribution in [0, 0.1) is 0 Å². The lowest BCUT2D eigenvalue weighted by molar-refractivity contribution is -0.137. The second-order valence-electron chi connectivity index (χ2n) is 3.23. The minimum absolute atomic E-state index is 0.164. The van der Waals surface area contributed by atoms with Crippen molar-refractivity contribution in [2.75, 3.05) is 13.1 Å². The molecule has 0 aliphatic carbocycles. The third-order valence-electron chi connectivity index (χ3n) is 1.85. The molecule has 0 atom stereocenters. The van der Waals surface area contributed by atoms with Crippen LogP contribution >= 0.6 is 0 Å². The smallest absolute Gasteiger partial charge is 0.330 e. The second-order valence-corrected chi connectivity index (χ2v) is 3.23. The highest BCUT2D eigenvalue weighted by atomic mass is 16.4. The van der Waals surface area contributed by atoms with Crippen molar-refractivity contribution >= 4 is 11.9 Å². The van der Waals surface area contributed by atoms with Gasteiger partial charge in [0.05, 0.1) is 0 Å². The zero-order valence-corrected chi connectivity index (χ0v) is 8.82. The highest BCUT2D eigenvalue weighted by Crippen LogP contribution is 1.94. The fourth-order valence-electron chi connectivity index (χ4n) is 0.968. The van der Waals surface area contributed by atoms with E-state index >= 15 is 0 Å². The van der Waals surface area contributed by atoms with Gasteiger partial charge in [0.2, 0.25) is 0 Å². The third kappa shape index (κ3) is 8.96. The number of aliphatic carboxylic acids is 2. The summed E-state index contributed by atoms with van der Waals surface area (Å²) >= 11 is 0. The molecule has 0 rings (SSSR count). The fraction of sp³-hybridized carbons (Fsp3) is 0.600. The van der Waals surface area contributed by atoms with E-state index in [2.05, 4.69) is 5.32 Å². The van der Waals surface area contributed by atoms with E-state index in [-0.39, 0.29) is 6.42 Å². The summed E-state index contributed by atoms with van der Waals surface area (Å²) in [5.74, 6) is -1.70. The molecule has 0 amide bonds. The van der Waals surface area contributed by atoms with E-state index in [4.69, 9.17) is 10.2 Å². The van der Waals surface area contributed by atoms with Gasteiger partial charge >= 0.3 is 11.9 Å². The summed E-state index contributed by atoms with van der Waals surface area (Å²) in [4.78, 5) is 20.5. The lowest BCUT2D eigenvalue weighted by Gasteiger charge is -2.00. The standard InChI is InChI=1S/C10H17NO4/c1-8(10(14)15)4-2-6-11-7-3-5-9(12)13/h4,11H,2-3,5-7H2,1H3,(H,12,13)(H,14,15). The predicted molar refractivity (Wildman–Crippen MR) is 55.7 cm³/mol. The van der Waals surface area contributed by atoms with Crippen molar-refractivity contribution in [1.29, 1.82) is 0 Å². The van der Waals surface area contributed by atoms with E-state index in [1.54, 1.807) is 13.0 Å². The van der Waals surface area contributed by atoms with Crippen LogP contribution in [0.2, 0.25) is 0 Å². The number of hydrogen-bond donors (Lipinski definition) is 3.